The number of thioether (sulfide) groups is 1. The molecule has 0 atom stereocenters. The smallest absolute Gasteiger partial charge is 0.250 e. The molecule has 0 aliphatic rings. The summed E-state index contributed by atoms with van der Waals surface area (Å²) in [5.41, 5.74) is 4.77. The Hall–Kier alpha value is -2.52. The summed E-state index contributed by atoms with van der Waals surface area (Å²) in [7, 11) is 3.37. The maximum atomic E-state index is 12.0. The van der Waals surface area contributed by atoms with Crippen LogP contribution in [0.25, 0.3) is 11.0 Å². The molecule has 2 aromatic carbocycles. The second-order valence-electron chi connectivity index (χ2n) is 5.57. The van der Waals surface area contributed by atoms with Gasteiger partial charge in [0.1, 0.15) is 0 Å². The summed E-state index contributed by atoms with van der Waals surface area (Å²) in [5.74, 6) is 0.162. The van der Waals surface area contributed by atoms with E-state index in [0.717, 1.165) is 20.7 Å². The van der Waals surface area contributed by atoms with E-state index in [-0.39, 0.29) is 17.4 Å². The van der Waals surface area contributed by atoms with Crippen LogP contribution in [-0.2, 0) is 11.8 Å². The molecule has 140 valence electrons. The monoisotopic (exact) mass is 448 g/mol. The number of nitrogens with zero attached hydrogens (tertiary/aromatic N) is 3. The summed E-state index contributed by atoms with van der Waals surface area (Å²) in [5, 5.41) is 14.7. The molecule has 9 heteroatoms. The average Bonchev–Trinajstić information content (AvgIpc) is 2.98. The van der Waals surface area contributed by atoms with Gasteiger partial charge in [-0.25, -0.2) is 10.4 Å². The van der Waals surface area contributed by atoms with Crippen molar-refractivity contribution in [2.45, 2.75) is 5.16 Å². The molecule has 1 amide bonds. The predicted molar refractivity (Wildman–Crippen MR) is 110 cm³/mol. The fourth-order valence-corrected chi connectivity index (χ4v) is 3.67. The molecule has 0 saturated carbocycles. The zero-order chi connectivity index (χ0) is 19.4. The van der Waals surface area contributed by atoms with Crippen LogP contribution in [-0.4, -0.2) is 39.6 Å². The molecule has 0 fully saturated rings. The number of amides is 1. The van der Waals surface area contributed by atoms with Gasteiger partial charge in [0.2, 0.25) is 0 Å². The first-order valence-corrected chi connectivity index (χ1v) is 9.70. The van der Waals surface area contributed by atoms with E-state index >= 15 is 0 Å². The number of nitrogens with one attached hydrogen (secondary N) is 1. The summed E-state index contributed by atoms with van der Waals surface area (Å²) in [6.07, 6.45) is 1.36. The van der Waals surface area contributed by atoms with Crippen molar-refractivity contribution in [1.82, 2.24) is 15.0 Å². The standard InChI is InChI=1S/C18H17BrN4O3S/c1-23-14-6-4-3-5-13(14)21-18(23)27-10-16(24)22-20-9-11-7-12(19)8-15(26-2)17(11)25/h3-9,25H,10H2,1-2H3,(H,22,24)/b20-9-. The van der Waals surface area contributed by atoms with Gasteiger partial charge in [-0.3, -0.25) is 4.79 Å². The third-order valence-corrected chi connectivity index (χ3v) is 5.25. The molecule has 0 aliphatic carbocycles. The average molecular weight is 449 g/mol. The van der Waals surface area contributed by atoms with Gasteiger partial charge in [-0.1, -0.05) is 39.8 Å². The summed E-state index contributed by atoms with van der Waals surface area (Å²) < 4.78 is 7.75. The Morgan fingerprint density at radius 2 is 2.22 bits per heavy atom. The lowest BCUT2D eigenvalue weighted by molar-refractivity contribution is -0.118. The number of methoxy groups -OCH3 is 1. The van der Waals surface area contributed by atoms with E-state index < -0.39 is 0 Å². The zero-order valence-corrected chi connectivity index (χ0v) is 17.0. The molecule has 0 aliphatic heterocycles. The van der Waals surface area contributed by atoms with Crippen LogP contribution < -0.4 is 10.2 Å². The minimum absolute atomic E-state index is 0.0484. The number of phenolic OH excluding ortho intramolecular Hbond substituents is 1. The summed E-state index contributed by atoms with van der Waals surface area (Å²) in [4.78, 5) is 16.5. The Labute approximate surface area is 168 Å². The number of benzene rings is 2. The van der Waals surface area contributed by atoms with Crippen LogP contribution in [0.15, 0.2) is 51.1 Å². The summed E-state index contributed by atoms with van der Waals surface area (Å²) in [6, 6.07) is 11.1. The number of carbonyl (C=O) groups excluding carboxylic acids is 1. The number of aryl methyl sites for hydroxylation is 1. The number of para-hydroxylation sites is 2. The minimum atomic E-state index is -0.273. The fourth-order valence-electron chi connectivity index (χ4n) is 2.44. The number of ether oxygens (including phenoxy) is 1. The Bertz CT molecular complexity index is 1020. The van der Waals surface area contributed by atoms with Crippen LogP contribution in [0.3, 0.4) is 0 Å². The number of imidazole rings is 1. The molecule has 0 bridgehead atoms. The minimum Gasteiger partial charge on any atom is -0.504 e. The van der Waals surface area contributed by atoms with Gasteiger partial charge in [0.25, 0.3) is 5.91 Å². The van der Waals surface area contributed by atoms with Gasteiger partial charge in [0.05, 0.1) is 30.1 Å². The van der Waals surface area contributed by atoms with Crippen molar-refractivity contribution in [3.05, 3.63) is 46.4 Å². The Balaban J connectivity index is 1.60. The lowest BCUT2D eigenvalue weighted by Gasteiger charge is -2.06. The van der Waals surface area contributed by atoms with Crippen LogP contribution in [0, 0.1) is 0 Å². The Morgan fingerprint density at radius 3 is 2.96 bits per heavy atom. The van der Waals surface area contributed by atoms with E-state index in [0.29, 0.717) is 11.3 Å². The van der Waals surface area contributed by atoms with Crippen LogP contribution in [0.1, 0.15) is 5.56 Å². The first-order chi connectivity index (χ1) is 13.0. The van der Waals surface area contributed by atoms with E-state index in [1.807, 2.05) is 35.9 Å². The highest BCUT2D eigenvalue weighted by atomic mass is 79.9. The second kappa shape index (κ2) is 8.45. The molecule has 3 aromatic rings. The topological polar surface area (TPSA) is 88.7 Å². The van der Waals surface area contributed by atoms with E-state index in [2.05, 4.69) is 31.4 Å². The molecule has 0 unspecified atom stereocenters. The maximum absolute atomic E-state index is 12.0. The molecule has 2 N–H and O–H groups in total. The highest BCUT2D eigenvalue weighted by Crippen LogP contribution is 2.32. The number of fused-ring (bicyclic) bond motifs is 1. The number of aromatic nitrogens is 2. The largest absolute Gasteiger partial charge is 0.504 e. The van der Waals surface area contributed by atoms with Gasteiger partial charge >= 0.3 is 0 Å². The molecular weight excluding hydrogens is 432 g/mol. The van der Waals surface area contributed by atoms with Crippen molar-refractivity contribution >= 4 is 50.8 Å². The van der Waals surface area contributed by atoms with E-state index in [4.69, 9.17) is 4.74 Å². The van der Waals surface area contributed by atoms with Crippen molar-refractivity contribution in [2.75, 3.05) is 12.9 Å². The van der Waals surface area contributed by atoms with E-state index in [1.54, 1.807) is 12.1 Å². The number of hydrazone groups is 1. The van der Waals surface area contributed by atoms with Crippen LogP contribution in [0.4, 0.5) is 0 Å². The molecule has 1 heterocycles. The molecule has 0 radical (unpaired) electrons. The SMILES string of the molecule is COc1cc(Br)cc(/C=N\NC(=O)CSc2nc3ccccc3n2C)c1O. The van der Waals surface area contributed by atoms with Crippen molar-refractivity contribution in [3.63, 3.8) is 0 Å². The van der Waals surface area contributed by atoms with Crippen molar-refractivity contribution in [2.24, 2.45) is 12.1 Å². The van der Waals surface area contributed by atoms with Gasteiger partial charge in [0, 0.05) is 17.1 Å². The lowest BCUT2D eigenvalue weighted by atomic mass is 10.2. The number of aromatic hydroxyl groups is 1. The number of rotatable bonds is 6. The maximum Gasteiger partial charge on any atom is 0.250 e. The molecule has 27 heavy (non-hydrogen) atoms. The van der Waals surface area contributed by atoms with Gasteiger partial charge in [-0.2, -0.15) is 5.10 Å². The molecule has 3 rings (SSSR count). The van der Waals surface area contributed by atoms with E-state index in [1.165, 1.54) is 25.1 Å². The number of halogens is 1. The van der Waals surface area contributed by atoms with Gasteiger partial charge in [-0.15, -0.1) is 0 Å². The summed E-state index contributed by atoms with van der Waals surface area (Å²) >= 11 is 4.66. The molecular formula is C18H17BrN4O3S. The Morgan fingerprint density at radius 1 is 1.44 bits per heavy atom. The van der Waals surface area contributed by atoms with Gasteiger partial charge in [-0.05, 0) is 24.3 Å². The number of carbonyl (C=O) groups is 1. The number of hydrogen-bond donors (Lipinski definition) is 2. The lowest BCUT2D eigenvalue weighted by Crippen LogP contribution is -2.19. The van der Waals surface area contributed by atoms with Crippen LogP contribution in [0.2, 0.25) is 0 Å². The predicted octanol–water partition coefficient (Wildman–Crippen LogP) is 3.29. The van der Waals surface area contributed by atoms with Crippen LogP contribution in [0.5, 0.6) is 11.5 Å². The highest BCUT2D eigenvalue weighted by Gasteiger charge is 2.11. The van der Waals surface area contributed by atoms with Crippen molar-refractivity contribution < 1.29 is 14.6 Å². The molecule has 1 aromatic heterocycles. The normalized spacial score (nSPS) is 11.2. The third kappa shape index (κ3) is 4.42. The quantitative estimate of drug-likeness (QED) is 0.343. The second-order valence-corrected chi connectivity index (χ2v) is 7.43. The number of phenols is 1. The van der Waals surface area contributed by atoms with E-state index in [9.17, 15) is 9.90 Å². The third-order valence-electron chi connectivity index (χ3n) is 3.76. The highest BCUT2D eigenvalue weighted by molar-refractivity contribution is 9.10. The fraction of sp³-hybridized carbons (Fsp3) is 0.167. The van der Waals surface area contributed by atoms with Gasteiger partial charge < -0.3 is 14.4 Å². The van der Waals surface area contributed by atoms with Crippen molar-refractivity contribution in [3.8, 4) is 11.5 Å². The zero-order valence-electron chi connectivity index (χ0n) is 14.6. The summed E-state index contributed by atoms with van der Waals surface area (Å²) in [6.45, 7) is 0. The first kappa shape index (κ1) is 19.2. The van der Waals surface area contributed by atoms with Crippen molar-refractivity contribution in [1.29, 1.82) is 0 Å². The first-order valence-electron chi connectivity index (χ1n) is 7.92. The van der Waals surface area contributed by atoms with Crippen LogP contribution >= 0.6 is 27.7 Å². The Kier molecular flexibility index (Phi) is 6.02. The molecule has 0 saturated heterocycles. The van der Waals surface area contributed by atoms with Gasteiger partial charge in [0.15, 0.2) is 16.7 Å². The number of hydrogen-bond acceptors (Lipinski definition) is 6. The molecule has 7 nitrogen and oxygen atoms in total. The molecule has 0 spiro atoms.